The predicted molar refractivity (Wildman–Crippen MR) is 70.0 cm³/mol. The van der Waals surface area contributed by atoms with Crippen molar-refractivity contribution in [1.29, 1.82) is 0 Å². The maximum atomic E-state index is 5.84. The second-order valence-corrected chi connectivity index (χ2v) is 5.14. The Morgan fingerprint density at radius 3 is 2.94 bits per heavy atom. The average molecular weight is 218 g/mol. The highest BCUT2D eigenvalue weighted by molar-refractivity contribution is 5.57. The minimum absolute atomic E-state index is 0.248. The predicted octanol–water partition coefficient (Wildman–Crippen LogP) is 2.35. The number of hydrogen-bond acceptors (Lipinski definition) is 2. The van der Waals surface area contributed by atoms with Gasteiger partial charge in [0.2, 0.25) is 0 Å². The van der Waals surface area contributed by atoms with E-state index in [1.54, 1.807) is 0 Å². The molecule has 0 aromatic heterocycles. The van der Waals surface area contributed by atoms with Gasteiger partial charge in [-0.05, 0) is 50.3 Å². The van der Waals surface area contributed by atoms with E-state index in [1.807, 2.05) is 0 Å². The smallest absolute Gasteiger partial charge is 0.0398 e. The molecule has 0 saturated heterocycles. The summed E-state index contributed by atoms with van der Waals surface area (Å²) in [5.74, 6) is 0. The summed E-state index contributed by atoms with van der Waals surface area (Å²) in [6.45, 7) is 4.35. The molecule has 0 radical (unpaired) electrons. The summed E-state index contributed by atoms with van der Waals surface area (Å²) < 4.78 is 0. The van der Waals surface area contributed by atoms with Gasteiger partial charge in [0.15, 0.2) is 0 Å². The van der Waals surface area contributed by atoms with Gasteiger partial charge in [-0.15, -0.1) is 0 Å². The van der Waals surface area contributed by atoms with Crippen LogP contribution in [0.2, 0.25) is 0 Å². The van der Waals surface area contributed by atoms with Crippen molar-refractivity contribution in [3.63, 3.8) is 0 Å². The second-order valence-electron chi connectivity index (χ2n) is 5.14. The quantitative estimate of drug-likeness (QED) is 0.825. The van der Waals surface area contributed by atoms with Crippen LogP contribution < -0.4 is 10.6 Å². The van der Waals surface area contributed by atoms with Crippen LogP contribution in [0.5, 0.6) is 0 Å². The van der Waals surface area contributed by atoms with Gasteiger partial charge < -0.3 is 10.6 Å². The lowest BCUT2D eigenvalue weighted by molar-refractivity contribution is 0.597. The summed E-state index contributed by atoms with van der Waals surface area (Å²) in [6, 6.07) is 7.71. The molecule has 1 aromatic carbocycles. The third-order valence-electron chi connectivity index (χ3n) is 3.57. The summed E-state index contributed by atoms with van der Waals surface area (Å²) in [5, 5.41) is 0. The molecule has 88 valence electrons. The fraction of sp³-hybridized carbons (Fsp3) is 0.571. The van der Waals surface area contributed by atoms with Crippen molar-refractivity contribution < 1.29 is 0 Å². The molecule has 0 saturated carbocycles. The van der Waals surface area contributed by atoms with Gasteiger partial charge in [0.25, 0.3) is 0 Å². The number of hydrogen-bond donors (Lipinski definition) is 1. The van der Waals surface area contributed by atoms with E-state index >= 15 is 0 Å². The first-order valence-electron chi connectivity index (χ1n) is 6.18. The van der Waals surface area contributed by atoms with Crippen molar-refractivity contribution in [1.82, 2.24) is 0 Å². The Balaban J connectivity index is 2.26. The van der Waals surface area contributed by atoms with Crippen LogP contribution in [0.3, 0.4) is 0 Å². The highest BCUT2D eigenvalue weighted by Gasteiger charge is 2.19. The first-order chi connectivity index (χ1) is 7.58. The van der Waals surface area contributed by atoms with Gasteiger partial charge in [0.1, 0.15) is 0 Å². The number of anilines is 1. The molecular formula is C14H22N2. The summed E-state index contributed by atoms with van der Waals surface area (Å²) in [6.07, 6.45) is 3.44. The number of nitrogens with two attached hydrogens (primary N) is 1. The number of benzene rings is 1. The maximum Gasteiger partial charge on any atom is 0.0398 e. The largest absolute Gasteiger partial charge is 0.372 e. The molecule has 0 bridgehead atoms. The van der Waals surface area contributed by atoms with Gasteiger partial charge in [-0.2, -0.15) is 0 Å². The first-order valence-corrected chi connectivity index (χ1v) is 6.18. The van der Waals surface area contributed by atoms with Crippen LogP contribution in [0, 0.1) is 0 Å². The fourth-order valence-electron chi connectivity index (χ4n) is 2.48. The zero-order valence-electron chi connectivity index (χ0n) is 10.5. The van der Waals surface area contributed by atoms with Gasteiger partial charge in [-0.3, -0.25) is 0 Å². The average Bonchev–Trinajstić information content (AvgIpc) is 2.23. The van der Waals surface area contributed by atoms with Crippen LogP contribution in [0.1, 0.15) is 31.4 Å². The zero-order valence-corrected chi connectivity index (χ0v) is 10.5. The number of aryl methyl sites for hydroxylation is 1. The van der Waals surface area contributed by atoms with Crippen LogP contribution in [0.25, 0.3) is 0 Å². The highest BCUT2D eigenvalue weighted by Crippen LogP contribution is 2.30. The third kappa shape index (κ3) is 2.22. The fourth-order valence-corrected chi connectivity index (χ4v) is 2.48. The Morgan fingerprint density at radius 2 is 2.25 bits per heavy atom. The monoisotopic (exact) mass is 218 g/mol. The Labute approximate surface area is 98.4 Å². The van der Waals surface area contributed by atoms with E-state index in [0.717, 1.165) is 6.42 Å². The van der Waals surface area contributed by atoms with E-state index in [9.17, 15) is 0 Å². The Hall–Kier alpha value is -1.02. The van der Waals surface area contributed by atoms with Gasteiger partial charge in [-0.25, -0.2) is 0 Å². The third-order valence-corrected chi connectivity index (χ3v) is 3.57. The van der Waals surface area contributed by atoms with E-state index in [0.29, 0.717) is 6.04 Å². The molecule has 0 amide bonds. The van der Waals surface area contributed by atoms with Crippen molar-refractivity contribution in [3.8, 4) is 0 Å². The van der Waals surface area contributed by atoms with Crippen LogP contribution in [0.15, 0.2) is 18.2 Å². The Morgan fingerprint density at radius 1 is 1.50 bits per heavy atom. The van der Waals surface area contributed by atoms with Crippen molar-refractivity contribution in [2.24, 2.45) is 5.73 Å². The highest BCUT2D eigenvalue weighted by atomic mass is 15.1. The molecule has 1 heterocycles. The van der Waals surface area contributed by atoms with E-state index in [1.165, 1.54) is 29.7 Å². The molecular weight excluding hydrogens is 196 g/mol. The molecule has 1 aliphatic rings. The van der Waals surface area contributed by atoms with E-state index < -0.39 is 0 Å². The van der Waals surface area contributed by atoms with Crippen LogP contribution in [0.4, 0.5) is 5.69 Å². The summed E-state index contributed by atoms with van der Waals surface area (Å²) in [5.41, 5.74) is 10.1. The van der Waals surface area contributed by atoms with Gasteiger partial charge in [0.05, 0.1) is 0 Å². The van der Waals surface area contributed by atoms with E-state index in [2.05, 4.69) is 44.0 Å². The molecule has 2 unspecified atom stereocenters. The van der Waals surface area contributed by atoms with Crippen molar-refractivity contribution in [2.75, 3.05) is 11.9 Å². The van der Waals surface area contributed by atoms with Crippen LogP contribution in [-0.2, 0) is 12.8 Å². The topological polar surface area (TPSA) is 29.3 Å². The van der Waals surface area contributed by atoms with Crippen molar-refractivity contribution >= 4 is 5.69 Å². The lowest BCUT2D eigenvalue weighted by Crippen LogP contribution is -2.33. The minimum atomic E-state index is 0.248. The molecule has 2 heteroatoms. The van der Waals surface area contributed by atoms with Crippen LogP contribution in [-0.4, -0.2) is 19.1 Å². The van der Waals surface area contributed by atoms with Gasteiger partial charge in [0, 0.05) is 24.8 Å². The van der Waals surface area contributed by atoms with Crippen LogP contribution >= 0.6 is 0 Å². The minimum Gasteiger partial charge on any atom is -0.372 e. The van der Waals surface area contributed by atoms with Crippen molar-refractivity contribution in [2.45, 2.75) is 45.2 Å². The Kier molecular flexibility index (Phi) is 3.20. The molecule has 16 heavy (non-hydrogen) atoms. The molecule has 1 aliphatic heterocycles. The molecule has 2 nitrogen and oxygen atoms in total. The number of fused-ring (bicyclic) bond motifs is 1. The number of rotatable bonds is 2. The standard InChI is InChI=1S/C14H22N2/c1-10(15)8-12-5-7-14-13(9-12)6-4-11(2)16(14)3/h5,7,9-11H,4,6,8,15H2,1-3H3. The lowest BCUT2D eigenvalue weighted by atomic mass is 9.94. The first kappa shape index (κ1) is 11.5. The molecule has 0 spiro atoms. The normalized spacial score (nSPS) is 21.8. The molecule has 0 fully saturated rings. The maximum absolute atomic E-state index is 5.84. The molecule has 1 aromatic rings. The van der Waals surface area contributed by atoms with Gasteiger partial charge in [-0.1, -0.05) is 12.1 Å². The van der Waals surface area contributed by atoms with Gasteiger partial charge >= 0.3 is 0 Å². The molecule has 2 rings (SSSR count). The van der Waals surface area contributed by atoms with Crippen molar-refractivity contribution in [3.05, 3.63) is 29.3 Å². The SMILES string of the molecule is CC(N)Cc1ccc2c(c1)CCC(C)N2C. The summed E-state index contributed by atoms with van der Waals surface area (Å²) in [4.78, 5) is 2.38. The second kappa shape index (κ2) is 4.46. The summed E-state index contributed by atoms with van der Waals surface area (Å²) >= 11 is 0. The lowest BCUT2D eigenvalue weighted by Gasteiger charge is -2.34. The van der Waals surface area contributed by atoms with E-state index in [4.69, 9.17) is 5.73 Å². The summed E-state index contributed by atoms with van der Waals surface area (Å²) in [7, 11) is 2.19. The number of nitrogens with zero attached hydrogens (tertiary/aromatic N) is 1. The molecule has 2 N–H and O–H groups in total. The molecule has 2 atom stereocenters. The molecule has 0 aliphatic carbocycles. The zero-order chi connectivity index (χ0) is 11.7. The van der Waals surface area contributed by atoms with E-state index in [-0.39, 0.29) is 6.04 Å². The Bertz CT molecular complexity index is 371.